The Bertz CT molecular complexity index is 562. The minimum atomic E-state index is -1.07. The molecule has 0 aliphatic heterocycles. The van der Waals surface area contributed by atoms with Crippen LogP contribution in [0.3, 0.4) is 0 Å². The van der Waals surface area contributed by atoms with Crippen molar-refractivity contribution >= 4 is 17.7 Å². The van der Waals surface area contributed by atoms with Gasteiger partial charge < -0.3 is 15.6 Å². The summed E-state index contributed by atoms with van der Waals surface area (Å²) in [7, 11) is 0. The predicted octanol–water partition coefficient (Wildman–Crippen LogP) is 2.72. The predicted molar refractivity (Wildman–Crippen MR) is 84.9 cm³/mol. The van der Waals surface area contributed by atoms with E-state index in [0.717, 1.165) is 5.56 Å². The van der Waals surface area contributed by atoms with Crippen LogP contribution in [0, 0.1) is 0 Å². The molecule has 1 aromatic carbocycles. The van der Waals surface area contributed by atoms with Gasteiger partial charge in [0.1, 0.15) is 11.6 Å². The second-order valence-corrected chi connectivity index (χ2v) is 6.75. The van der Waals surface area contributed by atoms with Crippen molar-refractivity contribution < 1.29 is 19.4 Å². The number of hydrogen-bond acceptors (Lipinski definition) is 4. The van der Waals surface area contributed by atoms with Crippen molar-refractivity contribution in [1.82, 2.24) is 0 Å². The van der Waals surface area contributed by atoms with Crippen LogP contribution in [0.1, 0.15) is 40.2 Å². The Morgan fingerprint density at radius 3 is 2.32 bits per heavy atom. The van der Waals surface area contributed by atoms with Gasteiger partial charge in [0, 0.05) is 11.1 Å². The highest BCUT2D eigenvalue weighted by atomic mass is 16.6. The van der Waals surface area contributed by atoms with Gasteiger partial charge in [-0.25, -0.2) is 4.79 Å². The van der Waals surface area contributed by atoms with E-state index < -0.39 is 29.1 Å². The molecule has 0 fully saturated rings. The van der Waals surface area contributed by atoms with Crippen LogP contribution in [0.25, 0.3) is 0 Å². The van der Waals surface area contributed by atoms with E-state index in [4.69, 9.17) is 15.6 Å². The summed E-state index contributed by atoms with van der Waals surface area (Å²) in [5.41, 5.74) is 5.62. The number of nitrogens with two attached hydrogens (primary N) is 1. The Labute approximate surface area is 130 Å². The van der Waals surface area contributed by atoms with E-state index in [2.05, 4.69) is 5.32 Å². The lowest BCUT2D eigenvalue weighted by molar-refractivity contribution is -0.140. The Hall–Kier alpha value is -2.08. The summed E-state index contributed by atoms with van der Waals surface area (Å²) >= 11 is 0. The molecule has 0 aliphatic rings. The fourth-order valence-electron chi connectivity index (χ4n) is 1.91. The fraction of sp³-hybridized carbons (Fsp3) is 0.500. The average molecular weight is 308 g/mol. The molecule has 4 N–H and O–H groups in total. The maximum atomic E-state index is 11.8. The first kappa shape index (κ1) is 18.0. The Morgan fingerprint density at radius 1 is 1.23 bits per heavy atom. The van der Waals surface area contributed by atoms with Gasteiger partial charge in [-0.2, -0.15) is 0 Å². The van der Waals surface area contributed by atoms with Crippen molar-refractivity contribution in [3.05, 3.63) is 29.8 Å². The molecule has 0 saturated heterocycles. The summed E-state index contributed by atoms with van der Waals surface area (Å²) in [5, 5.41) is 11.7. The molecule has 1 aromatic rings. The van der Waals surface area contributed by atoms with Gasteiger partial charge in [0.15, 0.2) is 0 Å². The average Bonchev–Trinajstić information content (AvgIpc) is 2.35. The van der Waals surface area contributed by atoms with Crippen molar-refractivity contribution in [2.75, 3.05) is 5.32 Å². The lowest BCUT2D eigenvalue weighted by Crippen LogP contribution is -2.46. The first-order chi connectivity index (χ1) is 9.93. The van der Waals surface area contributed by atoms with Gasteiger partial charge in [-0.3, -0.25) is 10.1 Å². The van der Waals surface area contributed by atoms with Crippen LogP contribution in [0.15, 0.2) is 24.3 Å². The molecule has 0 aliphatic carbocycles. The molecule has 122 valence electrons. The molecule has 6 heteroatoms. The molecule has 0 bridgehead atoms. The molecular formula is C16H24N2O4. The standard InChI is InChI=1S/C16H24N2O4/c1-15(2,3)22-14(21)18-11-8-6-7-10(9-11)16(4,5)12(17)13(19)20/h6-9,12H,17H2,1-5H3,(H,18,21)(H,19,20). The van der Waals surface area contributed by atoms with E-state index in [-0.39, 0.29) is 0 Å². The zero-order chi connectivity index (χ0) is 17.1. The minimum absolute atomic E-state index is 0.525. The number of carboxylic acids is 1. The third kappa shape index (κ3) is 4.73. The first-order valence-corrected chi connectivity index (χ1v) is 7.02. The van der Waals surface area contributed by atoms with E-state index in [0.29, 0.717) is 5.69 Å². The maximum absolute atomic E-state index is 11.8. The van der Waals surface area contributed by atoms with Crippen LogP contribution in [0.2, 0.25) is 0 Å². The summed E-state index contributed by atoms with van der Waals surface area (Å²) < 4.78 is 5.18. The number of hydrogen-bond donors (Lipinski definition) is 3. The molecule has 1 unspecified atom stereocenters. The second-order valence-electron chi connectivity index (χ2n) is 6.75. The number of rotatable bonds is 4. The summed E-state index contributed by atoms with van der Waals surface area (Å²) in [5.74, 6) is -1.07. The molecule has 1 atom stereocenters. The number of benzene rings is 1. The zero-order valence-electron chi connectivity index (χ0n) is 13.6. The summed E-state index contributed by atoms with van der Waals surface area (Å²) in [6, 6.07) is 5.87. The number of nitrogens with one attached hydrogen (secondary N) is 1. The molecular weight excluding hydrogens is 284 g/mol. The molecule has 0 heterocycles. The lowest BCUT2D eigenvalue weighted by atomic mass is 9.78. The lowest BCUT2D eigenvalue weighted by Gasteiger charge is -2.29. The second kappa shape index (κ2) is 6.36. The number of amides is 1. The molecule has 6 nitrogen and oxygen atoms in total. The van der Waals surface area contributed by atoms with Crippen LogP contribution in [-0.4, -0.2) is 28.8 Å². The van der Waals surface area contributed by atoms with Gasteiger partial charge in [-0.15, -0.1) is 0 Å². The van der Waals surface area contributed by atoms with Crippen LogP contribution in [0.5, 0.6) is 0 Å². The number of aliphatic carboxylic acids is 1. The quantitative estimate of drug-likeness (QED) is 0.793. The monoisotopic (exact) mass is 308 g/mol. The third-order valence-electron chi connectivity index (χ3n) is 3.30. The molecule has 1 amide bonds. The number of carboxylic acid groups (broad SMARTS) is 1. The van der Waals surface area contributed by atoms with E-state index >= 15 is 0 Å². The minimum Gasteiger partial charge on any atom is -0.480 e. The maximum Gasteiger partial charge on any atom is 0.412 e. The Morgan fingerprint density at radius 2 is 1.82 bits per heavy atom. The molecule has 0 radical (unpaired) electrons. The highest BCUT2D eigenvalue weighted by molar-refractivity contribution is 5.85. The normalized spacial score (nSPS) is 13.4. The number of anilines is 1. The third-order valence-corrected chi connectivity index (χ3v) is 3.30. The summed E-state index contributed by atoms with van der Waals surface area (Å²) in [6.07, 6.45) is -0.565. The smallest absolute Gasteiger partial charge is 0.412 e. The van der Waals surface area contributed by atoms with Crippen molar-refractivity contribution in [3.63, 3.8) is 0 Å². The van der Waals surface area contributed by atoms with Crippen LogP contribution in [0.4, 0.5) is 10.5 Å². The van der Waals surface area contributed by atoms with Gasteiger partial charge in [0.2, 0.25) is 0 Å². The largest absolute Gasteiger partial charge is 0.480 e. The van der Waals surface area contributed by atoms with Crippen molar-refractivity contribution in [2.24, 2.45) is 5.73 Å². The van der Waals surface area contributed by atoms with Gasteiger partial charge in [0.25, 0.3) is 0 Å². The van der Waals surface area contributed by atoms with Gasteiger partial charge in [-0.05, 0) is 38.5 Å². The molecule has 0 aromatic heterocycles. The number of carbonyl (C=O) groups is 2. The SMILES string of the molecule is CC(C)(C)OC(=O)Nc1cccc(C(C)(C)C(N)C(=O)O)c1. The number of ether oxygens (including phenoxy) is 1. The first-order valence-electron chi connectivity index (χ1n) is 7.02. The van der Waals surface area contributed by atoms with Gasteiger partial charge in [-0.1, -0.05) is 26.0 Å². The van der Waals surface area contributed by atoms with E-state index in [1.807, 2.05) is 0 Å². The number of carbonyl (C=O) groups excluding carboxylic acids is 1. The van der Waals surface area contributed by atoms with Crippen molar-refractivity contribution in [2.45, 2.75) is 51.7 Å². The van der Waals surface area contributed by atoms with E-state index in [1.165, 1.54) is 0 Å². The fourth-order valence-corrected chi connectivity index (χ4v) is 1.91. The summed E-state index contributed by atoms with van der Waals surface area (Å²) in [6.45, 7) is 8.82. The van der Waals surface area contributed by atoms with Crippen LogP contribution < -0.4 is 11.1 Å². The molecule has 1 rings (SSSR count). The molecule has 22 heavy (non-hydrogen) atoms. The highest BCUT2D eigenvalue weighted by Crippen LogP contribution is 2.28. The zero-order valence-corrected chi connectivity index (χ0v) is 13.6. The van der Waals surface area contributed by atoms with Crippen LogP contribution >= 0.6 is 0 Å². The summed E-state index contributed by atoms with van der Waals surface area (Å²) in [4.78, 5) is 22.9. The molecule has 0 spiro atoms. The van der Waals surface area contributed by atoms with E-state index in [1.54, 1.807) is 58.9 Å². The van der Waals surface area contributed by atoms with E-state index in [9.17, 15) is 9.59 Å². The van der Waals surface area contributed by atoms with Gasteiger partial charge >= 0.3 is 12.1 Å². The van der Waals surface area contributed by atoms with Crippen molar-refractivity contribution in [1.29, 1.82) is 0 Å². The van der Waals surface area contributed by atoms with Crippen molar-refractivity contribution in [3.8, 4) is 0 Å². The van der Waals surface area contributed by atoms with Crippen LogP contribution in [-0.2, 0) is 14.9 Å². The Balaban J connectivity index is 2.95. The highest BCUT2D eigenvalue weighted by Gasteiger charge is 2.33. The van der Waals surface area contributed by atoms with Gasteiger partial charge in [0.05, 0.1) is 0 Å². The Kier molecular flexibility index (Phi) is 5.19. The topological polar surface area (TPSA) is 102 Å². The molecule has 0 saturated carbocycles.